The Labute approximate surface area is 130 Å². The second-order valence-electron chi connectivity index (χ2n) is 7.58. The van der Waals surface area contributed by atoms with Crippen molar-refractivity contribution in [2.75, 3.05) is 18.0 Å². The van der Waals surface area contributed by atoms with E-state index in [1.165, 1.54) is 6.42 Å². The van der Waals surface area contributed by atoms with Crippen molar-refractivity contribution in [3.8, 4) is 11.5 Å². The van der Waals surface area contributed by atoms with Gasteiger partial charge in [0.25, 0.3) is 5.89 Å². The monoisotopic (exact) mass is 298 g/mol. The molecule has 5 nitrogen and oxygen atoms in total. The maximum absolute atomic E-state index is 5.46. The molecule has 0 radical (unpaired) electrons. The van der Waals surface area contributed by atoms with Gasteiger partial charge in [0.15, 0.2) is 5.82 Å². The molecule has 116 valence electrons. The number of pyridine rings is 1. The van der Waals surface area contributed by atoms with Gasteiger partial charge in [-0.3, -0.25) is 0 Å². The minimum Gasteiger partial charge on any atom is -0.356 e. The third-order valence-corrected chi connectivity index (χ3v) is 5.90. The van der Waals surface area contributed by atoms with Gasteiger partial charge in [-0.15, -0.1) is 0 Å². The van der Waals surface area contributed by atoms with E-state index in [0.717, 1.165) is 30.3 Å². The molecule has 1 saturated heterocycles. The molecule has 0 N–H and O–H groups in total. The Morgan fingerprint density at radius 2 is 1.86 bits per heavy atom. The zero-order valence-corrected chi connectivity index (χ0v) is 13.6. The van der Waals surface area contributed by atoms with Gasteiger partial charge in [0, 0.05) is 25.2 Å². The van der Waals surface area contributed by atoms with E-state index in [2.05, 4.69) is 47.7 Å². The maximum Gasteiger partial charge on any atom is 0.259 e. The molecular formula is C17H22N4O. The van der Waals surface area contributed by atoms with E-state index in [4.69, 9.17) is 4.52 Å². The molecule has 1 aliphatic heterocycles. The van der Waals surface area contributed by atoms with Crippen LogP contribution in [0.15, 0.2) is 22.9 Å². The lowest BCUT2D eigenvalue weighted by Gasteiger charge is -2.31. The number of anilines is 1. The molecule has 0 bridgehead atoms. The van der Waals surface area contributed by atoms with Crippen LogP contribution in [0.2, 0.25) is 0 Å². The fourth-order valence-corrected chi connectivity index (χ4v) is 3.56. The Bertz CT molecular complexity index is 684. The minimum absolute atomic E-state index is 0.216. The van der Waals surface area contributed by atoms with Gasteiger partial charge < -0.3 is 9.42 Å². The van der Waals surface area contributed by atoms with Gasteiger partial charge in [0.1, 0.15) is 5.82 Å². The number of aromatic nitrogens is 3. The Kier molecular flexibility index (Phi) is 2.69. The quantitative estimate of drug-likeness (QED) is 0.868. The lowest BCUT2D eigenvalue weighted by atomic mass is 10.0. The summed E-state index contributed by atoms with van der Waals surface area (Å²) in [5.41, 5.74) is 1.32. The van der Waals surface area contributed by atoms with Crippen LogP contribution in [-0.4, -0.2) is 28.2 Å². The van der Waals surface area contributed by atoms with Crippen LogP contribution in [0.5, 0.6) is 0 Å². The summed E-state index contributed by atoms with van der Waals surface area (Å²) in [6, 6.07) is 4.05. The Balaban J connectivity index is 1.57. The van der Waals surface area contributed by atoms with Crippen molar-refractivity contribution in [3.05, 3.63) is 24.2 Å². The van der Waals surface area contributed by atoms with E-state index in [-0.39, 0.29) is 10.8 Å². The van der Waals surface area contributed by atoms with Crippen molar-refractivity contribution in [3.63, 3.8) is 0 Å². The summed E-state index contributed by atoms with van der Waals surface area (Å²) in [6.45, 7) is 11.2. The lowest BCUT2D eigenvalue weighted by Crippen LogP contribution is -2.37. The van der Waals surface area contributed by atoms with Crippen LogP contribution in [0.3, 0.4) is 0 Å². The summed E-state index contributed by atoms with van der Waals surface area (Å²) in [4.78, 5) is 11.4. The highest BCUT2D eigenvalue weighted by Gasteiger charge is 2.67. The standard InChI is InChI=1S/C17H22N4O/c1-16(2)13(17(16,3)4)14-19-15(22-20-14)11-6-7-12(18-10-11)21-8-5-9-21/h6-7,10,13H,5,8-9H2,1-4H3. The van der Waals surface area contributed by atoms with Gasteiger partial charge in [-0.2, -0.15) is 4.98 Å². The predicted molar refractivity (Wildman–Crippen MR) is 84.7 cm³/mol. The van der Waals surface area contributed by atoms with E-state index in [1.807, 2.05) is 18.3 Å². The van der Waals surface area contributed by atoms with Gasteiger partial charge in [0.2, 0.25) is 0 Å². The SMILES string of the molecule is CC1(C)C(c2noc(-c3ccc(N4CCC4)nc3)n2)C1(C)C. The molecule has 0 spiro atoms. The van der Waals surface area contributed by atoms with Crippen molar-refractivity contribution in [1.82, 2.24) is 15.1 Å². The van der Waals surface area contributed by atoms with Gasteiger partial charge in [0.05, 0.1) is 5.56 Å². The van der Waals surface area contributed by atoms with Crippen LogP contribution in [0.4, 0.5) is 5.82 Å². The van der Waals surface area contributed by atoms with E-state index < -0.39 is 0 Å². The highest BCUT2D eigenvalue weighted by atomic mass is 16.5. The van der Waals surface area contributed by atoms with Gasteiger partial charge in [-0.25, -0.2) is 4.98 Å². The van der Waals surface area contributed by atoms with Crippen molar-refractivity contribution in [2.45, 2.75) is 40.0 Å². The van der Waals surface area contributed by atoms with Gasteiger partial charge in [-0.05, 0) is 29.4 Å². The molecule has 0 atom stereocenters. The molecule has 0 amide bonds. The topological polar surface area (TPSA) is 55.1 Å². The number of nitrogens with zero attached hydrogens (tertiary/aromatic N) is 4. The zero-order valence-electron chi connectivity index (χ0n) is 13.6. The Hall–Kier alpha value is -1.91. The summed E-state index contributed by atoms with van der Waals surface area (Å²) >= 11 is 0. The van der Waals surface area contributed by atoms with Crippen molar-refractivity contribution in [1.29, 1.82) is 0 Å². The van der Waals surface area contributed by atoms with E-state index in [0.29, 0.717) is 11.8 Å². The average molecular weight is 298 g/mol. The van der Waals surface area contributed by atoms with Crippen LogP contribution < -0.4 is 4.90 Å². The first-order chi connectivity index (χ1) is 10.4. The summed E-state index contributed by atoms with van der Waals surface area (Å²) in [5.74, 6) is 2.76. The van der Waals surface area contributed by atoms with E-state index in [9.17, 15) is 0 Å². The number of hydrogen-bond donors (Lipinski definition) is 0. The average Bonchev–Trinajstić information content (AvgIpc) is 2.78. The smallest absolute Gasteiger partial charge is 0.259 e. The fraction of sp³-hybridized carbons (Fsp3) is 0.588. The van der Waals surface area contributed by atoms with Crippen LogP contribution in [0.25, 0.3) is 11.5 Å². The molecule has 0 unspecified atom stereocenters. The van der Waals surface area contributed by atoms with Crippen molar-refractivity contribution in [2.24, 2.45) is 10.8 Å². The molecule has 3 heterocycles. The second kappa shape index (κ2) is 4.31. The highest BCUT2D eigenvalue weighted by Crippen LogP contribution is 2.73. The number of hydrogen-bond acceptors (Lipinski definition) is 5. The first-order valence-electron chi connectivity index (χ1n) is 7.96. The van der Waals surface area contributed by atoms with Gasteiger partial charge >= 0.3 is 0 Å². The molecule has 1 aliphatic carbocycles. The highest BCUT2D eigenvalue weighted by molar-refractivity contribution is 5.55. The van der Waals surface area contributed by atoms with Crippen LogP contribution in [0.1, 0.15) is 45.9 Å². The zero-order chi connectivity index (χ0) is 15.5. The van der Waals surface area contributed by atoms with Crippen LogP contribution in [-0.2, 0) is 0 Å². The van der Waals surface area contributed by atoms with Crippen molar-refractivity contribution < 1.29 is 4.52 Å². The largest absolute Gasteiger partial charge is 0.356 e. The molecule has 2 aliphatic rings. The first kappa shape index (κ1) is 13.7. The minimum atomic E-state index is 0.216. The molecule has 2 aromatic heterocycles. The summed E-state index contributed by atoms with van der Waals surface area (Å²) in [7, 11) is 0. The van der Waals surface area contributed by atoms with Crippen LogP contribution >= 0.6 is 0 Å². The Morgan fingerprint density at radius 1 is 1.14 bits per heavy atom. The number of rotatable bonds is 3. The fourth-order valence-electron chi connectivity index (χ4n) is 3.56. The molecular weight excluding hydrogens is 276 g/mol. The maximum atomic E-state index is 5.46. The second-order valence-corrected chi connectivity index (χ2v) is 7.58. The molecule has 4 rings (SSSR count). The normalized spacial score (nSPS) is 22.5. The molecule has 1 saturated carbocycles. The predicted octanol–water partition coefficient (Wildman–Crippen LogP) is 3.49. The third kappa shape index (κ3) is 1.81. The first-order valence-corrected chi connectivity index (χ1v) is 7.96. The summed E-state index contributed by atoms with van der Waals surface area (Å²) < 4.78 is 5.46. The molecule has 2 aromatic rings. The third-order valence-electron chi connectivity index (χ3n) is 5.90. The molecule has 0 aromatic carbocycles. The molecule has 22 heavy (non-hydrogen) atoms. The van der Waals surface area contributed by atoms with Gasteiger partial charge in [-0.1, -0.05) is 32.9 Å². The van der Waals surface area contributed by atoms with E-state index >= 15 is 0 Å². The summed E-state index contributed by atoms with van der Waals surface area (Å²) in [6.07, 6.45) is 3.08. The van der Waals surface area contributed by atoms with Crippen molar-refractivity contribution >= 4 is 5.82 Å². The molecule has 5 heteroatoms. The van der Waals surface area contributed by atoms with Crippen LogP contribution in [0, 0.1) is 10.8 Å². The van der Waals surface area contributed by atoms with E-state index in [1.54, 1.807) is 0 Å². The summed E-state index contributed by atoms with van der Waals surface area (Å²) in [5, 5.41) is 4.21. The Morgan fingerprint density at radius 3 is 2.36 bits per heavy atom. The molecule has 2 fully saturated rings. The lowest BCUT2D eigenvalue weighted by molar-refractivity contribution is 0.419.